The summed E-state index contributed by atoms with van der Waals surface area (Å²) in [5.74, 6) is -1.53. The first-order valence-electron chi connectivity index (χ1n) is 6.03. The number of Topliss-reactive ketones (excluding diaryl/α,β-unsaturated/α-hetero) is 1. The zero-order valence-corrected chi connectivity index (χ0v) is 10.4. The molecule has 0 aromatic rings. The number of carbonyl (C=O) groups excluding carboxylic acids is 3. The normalized spacial score (nSPS) is 19.2. The van der Waals surface area contributed by atoms with Crippen LogP contribution < -0.4 is 0 Å². The molecular weight excluding hydrogens is 222 g/mol. The third kappa shape index (κ3) is 3.28. The van der Waals surface area contributed by atoms with Crippen LogP contribution in [0.2, 0.25) is 0 Å². The number of unbranched alkanes of at least 4 members (excludes halogenated alkanes) is 1. The van der Waals surface area contributed by atoms with Gasteiger partial charge >= 0.3 is 11.9 Å². The zero-order valence-electron chi connectivity index (χ0n) is 10.4. The summed E-state index contributed by atoms with van der Waals surface area (Å²) in [7, 11) is 1.17. The van der Waals surface area contributed by atoms with E-state index in [1.807, 2.05) is 6.92 Å². The molecule has 0 aromatic heterocycles. The largest absolute Gasteiger partial charge is 0.462 e. The molecule has 0 spiro atoms. The third-order valence-corrected chi connectivity index (χ3v) is 3.02. The fraction of sp³-hybridized carbons (Fsp3) is 0.750. The van der Waals surface area contributed by atoms with Crippen LogP contribution in [0.5, 0.6) is 0 Å². The van der Waals surface area contributed by atoms with E-state index in [0.29, 0.717) is 19.4 Å². The fourth-order valence-corrected chi connectivity index (χ4v) is 2.07. The molecule has 1 heterocycles. The van der Waals surface area contributed by atoms with Crippen LogP contribution in [0.3, 0.4) is 0 Å². The van der Waals surface area contributed by atoms with E-state index >= 15 is 0 Å². The Bertz CT molecular complexity index is 314. The Labute approximate surface area is 101 Å². The minimum Gasteiger partial charge on any atom is -0.462 e. The first kappa shape index (κ1) is 13.7. The molecule has 0 aliphatic carbocycles. The number of ether oxygens (including phenoxy) is 1. The molecule has 0 unspecified atom stereocenters. The molecule has 1 atom stereocenters. The summed E-state index contributed by atoms with van der Waals surface area (Å²) in [5.41, 5.74) is 0. The highest BCUT2D eigenvalue weighted by atomic mass is 16.5. The molecule has 1 aliphatic rings. The number of likely N-dealkylation sites (tertiary alicyclic amines) is 1. The van der Waals surface area contributed by atoms with Gasteiger partial charge in [0.2, 0.25) is 0 Å². The molecule has 0 aromatic carbocycles. The van der Waals surface area contributed by atoms with Crippen molar-refractivity contribution in [3.63, 3.8) is 0 Å². The van der Waals surface area contributed by atoms with Gasteiger partial charge in [-0.3, -0.25) is 9.59 Å². The van der Waals surface area contributed by atoms with E-state index in [-0.39, 0.29) is 5.78 Å². The summed E-state index contributed by atoms with van der Waals surface area (Å²) in [6, 6.07) is -0.423. The number of esters is 1. The molecule has 1 rings (SSSR count). The Hall–Kier alpha value is -1.39. The lowest BCUT2D eigenvalue weighted by Crippen LogP contribution is -2.44. The summed E-state index contributed by atoms with van der Waals surface area (Å²) in [6.07, 6.45) is 3.68. The van der Waals surface area contributed by atoms with Crippen LogP contribution in [0.4, 0.5) is 0 Å². The van der Waals surface area contributed by atoms with Gasteiger partial charge in [0.1, 0.15) is 0 Å². The van der Waals surface area contributed by atoms with Gasteiger partial charge in [0, 0.05) is 13.0 Å². The van der Waals surface area contributed by atoms with Gasteiger partial charge in [-0.15, -0.1) is 0 Å². The van der Waals surface area contributed by atoms with Crippen LogP contribution in [0, 0.1) is 0 Å². The average molecular weight is 241 g/mol. The maximum absolute atomic E-state index is 11.9. The van der Waals surface area contributed by atoms with Gasteiger partial charge in [-0.2, -0.15) is 0 Å². The van der Waals surface area contributed by atoms with E-state index in [0.717, 1.165) is 19.3 Å². The van der Waals surface area contributed by atoms with Gasteiger partial charge in [0.25, 0.3) is 0 Å². The number of hydrogen-bond donors (Lipinski definition) is 0. The molecule has 17 heavy (non-hydrogen) atoms. The highest BCUT2D eigenvalue weighted by Gasteiger charge is 2.36. The Balaban J connectivity index is 2.63. The van der Waals surface area contributed by atoms with Crippen LogP contribution in [0.1, 0.15) is 39.0 Å². The van der Waals surface area contributed by atoms with Gasteiger partial charge in [-0.25, -0.2) is 4.79 Å². The van der Waals surface area contributed by atoms with Gasteiger partial charge < -0.3 is 9.64 Å². The van der Waals surface area contributed by atoms with Crippen LogP contribution in [-0.4, -0.2) is 42.3 Å². The molecule has 0 N–H and O–H groups in total. The van der Waals surface area contributed by atoms with Crippen molar-refractivity contribution >= 4 is 17.7 Å². The van der Waals surface area contributed by atoms with Crippen molar-refractivity contribution in [2.75, 3.05) is 13.7 Å². The van der Waals surface area contributed by atoms with E-state index < -0.39 is 17.9 Å². The SMILES string of the molecule is CCCCC(=O)[C@@H]1CCCN1C(=O)C(=O)OC. The summed E-state index contributed by atoms with van der Waals surface area (Å²) in [6.45, 7) is 2.48. The van der Waals surface area contributed by atoms with Crippen molar-refractivity contribution in [1.82, 2.24) is 4.90 Å². The van der Waals surface area contributed by atoms with Gasteiger partial charge in [-0.05, 0) is 19.3 Å². The number of carbonyl (C=O) groups is 3. The third-order valence-electron chi connectivity index (χ3n) is 3.02. The average Bonchev–Trinajstić information content (AvgIpc) is 2.83. The topological polar surface area (TPSA) is 63.7 Å². The molecular formula is C12H19NO4. The number of rotatable bonds is 4. The second-order valence-electron chi connectivity index (χ2n) is 4.22. The van der Waals surface area contributed by atoms with Crippen LogP contribution in [-0.2, 0) is 19.1 Å². The Morgan fingerprint density at radius 2 is 2.06 bits per heavy atom. The molecule has 0 saturated carbocycles. The predicted octanol–water partition coefficient (Wildman–Crippen LogP) is 0.910. The van der Waals surface area contributed by atoms with Crippen LogP contribution >= 0.6 is 0 Å². The highest BCUT2D eigenvalue weighted by Crippen LogP contribution is 2.20. The number of amides is 1. The second kappa shape index (κ2) is 6.37. The Morgan fingerprint density at radius 1 is 1.35 bits per heavy atom. The molecule has 5 heteroatoms. The smallest absolute Gasteiger partial charge is 0.396 e. The molecule has 0 bridgehead atoms. The Morgan fingerprint density at radius 3 is 2.65 bits per heavy atom. The van der Waals surface area contributed by atoms with E-state index in [1.54, 1.807) is 0 Å². The lowest BCUT2D eigenvalue weighted by Gasteiger charge is -2.22. The zero-order chi connectivity index (χ0) is 12.8. The first-order chi connectivity index (χ1) is 8.11. The van der Waals surface area contributed by atoms with E-state index in [9.17, 15) is 14.4 Å². The monoisotopic (exact) mass is 241 g/mol. The van der Waals surface area contributed by atoms with Crippen LogP contribution in [0.25, 0.3) is 0 Å². The first-order valence-corrected chi connectivity index (χ1v) is 6.03. The molecule has 1 saturated heterocycles. The van der Waals surface area contributed by atoms with Crippen LogP contribution in [0.15, 0.2) is 0 Å². The summed E-state index contributed by atoms with van der Waals surface area (Å²) in [4.78, 5) is 36.1. The van der Waals surface area contributed by atoms with Crippen molar-refractivity contribution in [3.8, 4) is 0 Å². The Kier molecular flexibility index (Phi) is 5.12. The van der Waals surface area contributed by atoms with Crippen molar-refractivity contribution in [3.05, 3.63) is 0 Å². The summed E-state index contributed by atoms with van der Waals surface area (Å²) < 4.78 is 4.39. The summed E-state index contributed by atoms with van der Waals surface area (Å²) >= 11 is 0. The minimum absolute atomic E-state index is 0.0570. The maximum atomic E-state index is 11.9. The predicted molar refractivity (Wildman–Crippen MR) is 61.3 cm³/mol. The van der Waals surface area contributed by atoms with Crippen molar-refractivity contribution in [2.24, 2.45) is 0 Å². The van der Waals surface area contributed by atoms with E-state index in [1.165, 1.54) is 12.0 Å². The molecule has 0 radical (unpaired) electrons. The number of methoxy groups -OCH3 is 1. The molecule has 96 valence electrons. The maximum Gasteiger partial charge on any atom is 0.396 e. The molecule has 1 fully saturated rings. The molecule has 1 aliphatic heterocycles. The van der Waals surface area contributed by atoms with Gasteiger partial charge in [-0.1, -0.05) is 13.3 Å². The quantitative estimate of drug-likeness (QED) is 0.542. The lowest BCUT2D eigenvalue weighted by molar-refractivity contribution is -0.159. The fourth-order valence-electron chi connectivity index (χ4n) is 2.07. The van der Waals surface area contributed by atoms with E-state index in [2.05, 4.69) is 4.74 Å². The standard InChI is InChI=1S/C12H19NO4/c1-3-4-7-10(14)9-6-5-8-13(9)11(15)12(16)17-2/h9H,3-8H2,1-2H3/t9-/m0/s1. The van der Waals surface area contributed by atoms with E-state index in [4.69, 9.17) is 0 Å². The highest BCUT2D eigenvalue weighted by molar-refractivity contribution is 6.32. The van der Waals surface area contributed by atoms with Gasteiger partial charge in [0.05, 0.1) is 13.2 Å². The minimum atomic E-state index is -0.889. The number of hydrogen-bond acceptors (Lipinski definition) is 4. The summed E-state index contributed by atoms with van der Waals surface area (Å²) in [5, 5.41) is 0. The molecule has 5 nitrogen and oxygen atoms in total. The van der Waals surface area contributed by atoms with Crippen molar-refractivity contribution in [1.29, 1.82) is 0 Å². The second-order valence-corrected chi connectivity index (χ2v) is 4.22. The number of nitrogens with zero attached hydrogens (tertiary/aromatic N) is 1. The van der Waals surface area contributed by atoms with Gasteiger partial charge in [0.15, 0.2) is 5.78 Å². The van der Waals surface area contributed by atoms with Crippen molar-refractivity contribution in [2.45, 2.75) is 45.1 Å². The molecule has 1 amide bonds. The number of ketones is 1. The lowest BCUT2D eigenvalue weighted by atomic mass is 10.0. The van der Waals surface area contributed by atoms with Crippen molar-refractivity contribution < 1.29 is 19.1 Å².